The van der Waals surface area contributed by atoms with Crippen LogP contribution < -0.4 is 11.1 Å². The van der Waals surface area contributed by atoms with Gasteiger partial charge in [-0.1, -0.05) is 6.08 Å². The lowest BCUT2D eigenvalue weighted by Gasteiger charge is -2.16. The minimum atomic E-state index is 0.0861. The Morgan fingerprint density at radius 3 is 2.91 bits per heavy atom. The predicted octanol–water partition coefficient (Wildman–Crippen LogP) is 0.473. The van der Waals surface area contributed by atoms with Gasteiger partial charge in [-0.25, -0.2) is 0 Å². The standard InChI is InChI=1S/C8H18N2O/c1-3-7-10-8(5-6-9)11-4-2/h3,8,10H,1,4-7,9H2,2H3. The molecule has 0 aliphatic heterocycles. The molecule has 0 saturated heterocycles. The molecule has 11 heavy (non-hydrogen) atoms. The van der Waals surface area contributed by atoms with Crippen LogP contribution >= 0.6 is 0 Å². The fraction of sp³-hybridized carbons (Fsp3) is 0.750. The lowest BCUT2D eigenvalue weighted by molar-refractivity contribution is 0.0367. The van der Waals surface area contributed by atoms with Gasteiger partial charge in [0.15, 0.2) is 0 Å². The summed E-state index contributed by atoms with van der Waals surface area (Å²) in [4.78, 5) is 0. The number of rotatable bonds is 7. The highest BCUT2D eigenvalue weighted by atomic mass is 16.5. The molecule has 0 saturated carbocycles. The average Bonchev–Trinajstić information content (AvgIpc) is 2.01. The Kier molecular flexibility index (Phi) is 7.46. The van der Waals surface area contributed by atoms with Crippen molar-refractivity contribution in [2.75, 3.05) is 19.7 Å². The first-order valence-corrected chi connectivity index (χ1v) is 4.01. The summed E-state index contributed by atoms with van der Waals surface area (Å²) in [5, 5.41) is 3.15. The van der Waals surface area contributed by atoms with E-state index in [4.69, 9.17) is 10.5 Å². The van der Waals surface area contributed by atoms with Gasteiger partial charge in [0.1, 0.15) is 6.23 Å². The molecule has 3 heteroatoms. The monoisotopic (exact) mass is 158 g/mol. The Balaban J connectivity index is 3.41. The minimum Gasteiger partial charge on any atom is -0.364 e. The summed E-state index contributed by atoms with van der Waals surface area (Å²) in [6.45, 7) is 7.71. The molecular weight excluding hydrogens is 140 g/mol. The molecule has 3 N–H and O–H groups in total. The van der Waals surface area contributed by atoms with E-state index < -0.39 is 0 Å². The summed E-state index contributed by atoms with van der Waals surface area (Å²) in [7, 11) is 0. The molecule has 0 heterocycles. The third kappa shape index (κ3) is 6.04. The summed E-state index contributed by atoms with van der Waals surface area (Å²) in [5.74, 6) is 0. The molecule has 0 aliphatic rings. The van der Waals surface area contributed by atoms with Crippen LogP contribution in [0.15, 0.2) is 12.7 Å². The molecule has 1 atom stereocenters. The average molecular weight is 158 g/mol. The van der Waals surface area contributed by atoms with Crippen molar-refractivity contribution < 1.29 is 4.74 Å². The van der Waals surface area contributed by atoms with Gasteiger partial charge in [-0.05, 0) is 19.9 Å². The van der Waals surface area contributed by atoms with Gasteiger partial charge in [-0.2, -0.15) is 0 Å². The Hall–Kier alpha value is -0.380. The minimum absolute atomic E-state index is 0.0861. The first-order chi connectivity index (χ1) is 5.35. The molecule has 0 radical (unpaired) electrons. The van der Waals surface area contributed by atoms with Crippen molar-refractivity contribution in [3.8, 4) is 0 Å². The molecular formula is C8H18N2O. The van der Waals surface area contributed by atoms with Crippen LogP contribution in [-0.4, -0.2) is 25.9 Å². The van der Waals surface area contributed by atoms with Gasteiger partial charge >= 0.3 is 0 Å². The zero-order valence-electron chi connectivity index (χ0n) is 7.18. The summed E-state index contributed by atoms with van der Waals surface area (Å²) < 4.78 is 5.35. The Bertz CT molecular complexity index is 90.1. The molecule has 0 aromatic heterocycles. The second-order valence-corrected chi connectivity index (χ2v) is 2.22. The quantitative estimate of drug-likeness (QED) is 0.418. The van der Waals surface area contributed by atoms with Crippen molar-refractivity contribution in [3.05, 3.63) is 12.7 Å². The molecule has 0 spiro atoms. The van der Waals surface area contributed by atoms with E-state index in [-0.39, 0.29) is 6.23 Å². The van der Waals surface area contributed by atoms with Gasteiger partial charge in [-0.3, -0.25) is 5.32 Å². The largest absolute Gasteiger partial charge is 0.364 e. The normalized spacial score (nSPS) is 12.9. The molecule has 0 aromatic rings. The summed E-state index contributed by atoms with van der Waals surface area (Å²) in [6, 6.07) is 0. The molecule has 0 aliphatic carbocycles. The van der Waals surface area contributed by atoms with Gasteiger partial charge in [0.25, 0.3) is 0 Å². The van der Waals surface area contributed by atoms with Crippen LogP contribution in [0.1, 0.15) is 13.3 Å². The van der Waals surface area contributed by atoms with Crippen LogP contribution in [0.3, 0.4) is 0 Å². The van der Waals surface area contributed by atoms with Gasteiger partial charge < -0.3 is 10.5 Å². The van der Waals surface area contributed by atoms with Crippen LogP contribution in [0.4, 0.5) is 0 Å². The van der Waals surface area contributed by atoms with E-state index in [9.17, 15) is 0 Å². The van der Waals surface area contributed by atoms with Crippen molar-refractivity contribution in [1.29, 1.82) is 0 Å². The van der Waals surface area contributed by atoms with Crippen molar-refractivity contribution >= 4 is 0 Å². The molecule has 3 nitrogen and oxygen atoms in total. The first kappa shape index (κ1) is 10.6. The van der Waals surface area contributed by atoms with Crippen molar-refractivity contribution in [2.24, 2.45) is 5.73 Å². The second-order valence-electron chi connectivity index (χ2n) is 2.22. The first-order valence-electron chi connectivity index (χ1n) is 4.01. The fourth-order valence-corrected chi connectivity index (χ4v) is 0.812. The highest BCUT2D eigenvalue weighted by molar-refractivity contribution is 4.71. The van der Waals surface area contributed by atoms with Gasteiger partial charge in [0.05, 0.1) is 0 Å². The highest BCUT2D eigenvalue weighted by Gasteiger charge is 2.03. The van der Waals surface area contributed by atoms with Gasteiger partial charge in [0.2, 0.25) is 0 Å². The zero-order valence-corrected chi connectivity index (χ0v) is 7.18. The number of hydrogen-bond donors (Lipinski definition) is 2. The maximum absolute atomic E-state index is 5.39. The Morgan fingerprint density at radius 1 is 1.73 bits per heavy atom. The topological polar surface area (TPSA) is 47.3 Å². The maximum atomic E-state index is 5.39. The SMILES string of the molecule is C=CCNC(CCN)OCC. The number of hydrogen-bond acceptors (Lipinski definition) is 3. The molecule has 66 valence electrons. The summed E-state index contributed by atoms with van der Waals surface area (Å²) in [5.41, 5.74) is 5.39. The fourth-order valence-electron chi connectivity index (χ4n) is 0.812. The number of ether oxygens (including phenoxy) is 1. The van der Waals surface area contributed by atoms with E-state index in [0.717, 1.165) is 19.6 Å². The Morgan fingerprint density at radius 2 is 2.45 bits per heavy atom. The number of nitrogens with one attached hydrogen (secondary N) is 1. The maximum Gasteiger partial charge on any atom is 0.109 e. The van der Waals surface area contributed by atoms with Gasteiger partial charge in [-0.15, -0.1) is 6.58 Å². The smallest absolute Gasteiger partial charge is 0.109 e. The molecule has 0 bridgehead atoms. The third-order valence-electron chi connectivity index (χ3n) is 1.29. The van der Waals surface area contributed by atoms with E-state index in [1.807, 2.05) is 13.0 Å². The molecule has 1 unspecified atom stereocenters. The molecule has 0 amide bonds. The van der Waals surface area contributed by atoms with E-state index in [2.05, 4.69) is 11.9 Å². The van der Waals surface area contributed by atoms with E-state index in [1.165, 1.54) is 0 Å². The van der Waals surface area contributed by atoms with Crippen molar-refractivity contribution in [2.45, 2.75) is 19.6 Å². The predicted molar refractivity (Wildman–Crippen MR) is 47.3 cm³/mol. The molecule has 0 fully saturated rings. The van der Waals surface area contributed by atoms with Crippen molar-refractivity contribution in [1.82, 2.24) is 5.32 Å². The zero-order chi connectivity index (χ0) is 8.53. The summed E-state index contributed by atoms with van der Waals surface area (Å²) in [6.07, 6.45) is 2.74. The molecule has 0 rings (SSSR count). The van der Waals surface area contributed by atoms with E-state index in [1.54, 1.807) is 0 Å². The van der Waals surface area contributed by atoms with Crippen LogP contribution in [0, 0.1) is 0 Å². The van der Waals surface area contributed by atoms with Crippen LogP contribution in [0.25, 0.3) is 0 Å². The van der Waals surface area contributed by atoms with E-state index >= 15 is 0 Å². The Labute approximate surface area is 68.6 Å². The van der Waals surface area contributed by atoms with Gasteiger partial charge in [0, 0.05) is 13.2 Å². The third-order valence-corrected chi connectivity index (χ3v) is 1.29. The lowest BCUT2D eigenvalue weighted by atomic mass is 10.3. The van der Waals surface area contributed by atoms with E-state index in [0.29, 0.717) is 6.54 Å². The number of nitrogens with two attached hydrogens (primary N) is 1. The second kappa shape index (κ2) is 7.72. The van der Waals surface area contributed by atoms with Crippen LogP contribution in [0.2, 0.25) is 0 Å². The molecule has 0 aromatic carbocycles. The lowest BCUT2D eigenvalue weighted by Crippen LogP contribution is -2.33. The van der Waals surface area contributed by atoms with Crippen LogP contribution in [0.5, 0.6) is 0 Å². The summed E-state index contributed by atoms with van der Waals surface area (Å²) >= 11 is 0. The van der Waals surface area contributed by atoms with Crippen molar-refractivity contribution in [3.63, 3.8) is 0 Å². The van der Waals surface area contributed by atoms with Crippen LogP contribution in [-0.2, 0) is 4.74 Å². The highest BCUT2D eigenvalue weighted by Crippen LogP contribution is 1.91.